The highest BCUT2D eigenvalue weighted by Crippen LogP contribution is 2.46. The van der Waals surface area contributed by atoms with Crippen LogP contribution in [-0.4, -0.2) is 51.8 Å². The Bertz CT molecular complexity index is 1780. The molecule has 0 bridgehead atoms. The van der Waals surface area contributed by atoms with Crippen LogP contribution in [0.4, 0.5) is 15.4 Å². The maximum atomic E-state index is 14.0. The van der Waals surface area contributed by atoms with Crippen molar-refractivity contribution >= 4 is 35.4 Å². The largest absolute Gasteiger partial charge is 0.457 e. The van der Waals surface area contributed by atoms with Gasteiger partial charge in [-0.25, -0.2) is 14.5 Å². The molecule has 0 radical (unpaired) electrons. The minimum absolute atomic E-state index is 0.00970. The van der Waals surface area contributed by atoms with Gasteiger partial charge in [-0.1, -0.05) is 54.1 Å². The van der Waals surface area contributed by atoms with Gasteiger partial charge in [0.2, 0.25) is 0 Å². The van der Waals surface area contributed by atoms with Crippen molar-refractivity contribution in [1.29, 1.82) is 0 Å². The van der Waals surface area contributed by atoms with Gasteiger partial charge in [0.05, 0.1) is 18.8 Å². The van der Waals surface area contributed by atoms with Crippen LogP contribution in [0.5, 0.6) is 11.5 Å². The highest BCUT2D eigenvalue weighted by molar-refractivity contribution is 6.30. The SMILES string of the molecule is CC(C)(C)OC(=O)N1CC(=O)C2=C(C1)N(C(=O)OCc1ccccc1)c1n[nH]cc1C2c1cccc(Oc2ccc(Cl)cc2)c1. The second kappa shape index (κ2) is 12.1. The van der Waals surface area contributed by atoms with E-state index in [1.165, 1.54) is 9.80 Å². The molecular weight excluding hydrogens is 596 g/mol. The monoisotopic (exact) mass is 626 g/mol. The van der Waals surface area contributed by atoms with E-state index in [0.29, 0.717) is 33.4 Å². The number of benzene rings is 3. The van der Waals surface area contributed by atoms with Gasteiger partial charge in [0.15, 0.2) is 11.6 Å². The Morgan fingerprint density at radius 2 is 1.71 bits per heavy atom. The summed E-state index contributed by atoms with van der Waals surface area (Å²) in [6.45, 7) is 4.97. The zero-order valence-electron chi connectivity index (χ0n) is 25.0. The minimum Gasteiger partial charge on any atom is -0.457 e. The summed E-state index contributed by atoms with van der Waals surface area (Å²) >= 11 is 6.03. The van der Waals surface area contributed by atoms with Crippen LogP contribution in [0.15, 0.2) is 96.3 Å². The number of H-pyrrole nitrogens is 1. The number of hydrogen-bond donors (Lipinski definition) is 1. The summed E-state index contributed by atoms with van der Waals surface area (Å²) < 4.78 is 17.4. The van der Waals surface area contributed by atoms with Gasteiger partial charge in [-0.05, 0) is 68.3 Å². The number of ether oxygens (including phenoxy) is 3. The fourth-order valence-electron chi connectivity index (χ4n) is 5.41. The zero-order valence-corrected chi connectivity index (χ0v) is 25.7. The molecule has 0 spiro atoms. The maximum absolute atomic E-state index is 14.0. The molecule has 45 heavy (non-hydrogen) atoms. The average Bonchev–Trinajstić information content (AvgIpc) is 3.49. The number of carbonyl (C=O) groups excluding carboxylic acids is 3. The number of ketones is 1. The van der Waals surface area contributed by atoms with Crippen LogP contribution >= 0.6 is 11.6 Å². The van der Waals surface area contributed by atoms with Crippen LogP contribution in [0, 0.1) is 0 Å². The van der Waals surface area contributed by atoms with E-state index in [9.17, 15) is 14.4 Å². The van der Waals surface area contributed by atoms with E-state index in [1.807, 2.05) is 54.6 Å². The van der Waals surface area contributed by atoms with Crippen LogP contribution in [0.2, 0.25) is 5.02 Å². The number of carbonyl (C=O) groups is 3. The highest BCUT2D eigenvalue weighted by atomic mass is 35.5. The molecule has 4 aromatic rings. The van der Waals surface area contributed by atoms with Gasteiger partial charge in [-0.2, -0.15) is 5.10 Å². The van der Waals surface area contributed by atoms with Crippen LogP contribution in [-0.2, 0) is 20.9 Å². The van der Waals surface area contributed by atoms with Gasteiger partial charge in [-0.3, -0.25) is 14.8 Å². The van der Waals surface area contributed by atoms with E-state index in [-0.39, 0.29) is 31.3 Å². The lowest BCUT2D eigenvalue weighted by Gasteiger charge is -2.40. The van der Waals surface area contributed by atoms with Crippen molar-refractivity contribution in [1.82, 2.24) is 15.1 Å². The number of amides is 2. The van der Waals surface area contributed by atoms with Crippen LogP contribution < -0.4 is 9.64 Å². The fraction of sp³-hybridized carbons (Fsp3) is 0.235. The molecule has 3 aromatic carbocycles. The molecule has 2 aliphatic rings. The van der Waals surface area contributed by atoms with E-state index in [4.69, 9.17) is 25.8 Å². The van der Waals surface area contributed by atoms with E-state index in [2.05, 4.69) is 10.2 Å². The van der Waals surface area contributed by atoms with Crippen LogP contribution in [0.25, 0.3) is 0 Å². The van der Waals surface area contributed by atoms with Crippen molar-refractivity contribution in [3.05, 3.63) is 118 Å². The number of fused-ring (bicyclic) bond motifs is 1. The number of nitrogens with zero attached hydrogens (tertiary/aromatic N) is 3. The Morgan fingerprint density at radius 3 is 2.44 bits per heavy atom. The van der Waals surface area contributed by atoms with Gasteiger partial charge in [0.1, 0.15) is 23.7 Å². The standard InChI is InChI=1S/C34H31ClN4O6/c1-34(2,3)45-32(41)38-18-27-30(28(40)19-38)29(22-10-7-11-25(16-22)44-24-14-12-23(35)13-15-24)26-17-36-37-31(26)39(27)33(42)43-20-21-8-5-4-6-9-21/h4-17,29H,18-20H2,1-3H3,(H,36,37). The van der Waals surface area contributed by atoms with Crippen molar-refractivity contribution in [3.8, 4) is 11.5 Å². The summed E-state index contributed by atoms with van der Waals surface area (Å²) in [5.41, 5.74) is 2.02. The molecule has 3 heterocycles. The van der Waals surface area contributed by atoms with Crippen molar-refractivity contribution in [2.75, 3.05) is 18.0 Å². The third kappa shape index (κ3) is 6.41. The molecule has 10 nitrogen and oxygen atoms in total. The molecular formula is C34H31ClN4O6. The van der Waals surface area contributed by atoms with Gasteiger partial charge in [0, 0.05) is 28.3 Å². The highest BCUT2D eigenvalue weighted by Gasteiger charge is 2.46. The molecule has 2 aliphatic heterocycles. The first-order valence-electron chi connectivity index (χ1n) is 14.4. The third-order valence-electron chi connectivity index (χ3n) is 7.30. The number of aromatic nitrogens is 2. The maximum Gasteiger partial charge on any atom is 0.420 e. The second-order valence-electron chi connectivity index (χ2n) is 11.7. The molecule has 1 atom stereocenters. The van der Waals surface area contributed by atoms with E-state index < -0.39 is 23.7 Å². The molecule has 0 saturated heterocycles. The predicted molar refractivity (Wildman–Crippen MR) is 167 cm³/mol. The number of halogens is 1. The molecule has 1 N–H and O–H groups in total. The number of Topliss-reactive ketones (excluding diaryl/α,β-unsaturated/α-hetero) is 1. The molecule has 0 fully saturated rings. The number of aromatic amines is 1. The summed E-state index contributed by atoms with van der Waals surface area (Å²) in [7, 11) is 0. The Kier molecular flexibility index (Phi) is 8.07. The summed E-state index contributed by atoms with van der Waals surface area (Å²) in [4.78, 5) is 43.5. The van der Waals surface area contributed by atoms with E-state index in [1.54, 1.807) is 51.2 Å². The van der Waals surface area contributed by atoms with E-state index in [0.717, 1.165) is 11.1 Å². The summed E-state index contributed by atoms with van der Waals surface area (Å²) in [5.74, 6) is 0.487. The first-order chi connectivity index (χ1) is 21.6. The first-order valence-corrected chi connectivity index (χ1v) is 14.8. The Hall–Kier alpha value is -5.09. The van der Waals surface area contributed by atoms with Crippen molar-refractivity contribution in [2.45, 2.75) is 38.9 Å². The van der Waals surface area contributed by atoms with Gasteiger partial charge < -0.3 is 14.2 Å². The predicted octanol–water partition coefficient (Wildman–Crippen LogP) is 7.22. The lowest BCUT2D eigenvalue weighted by Crippen LogP contribution is -2.51. The Balaban J connectivity index is 1.40. The van der Waals surface area contributed by atoms with Crippen molar-refractivity contribution in [2.24, 2.45) is 0 Å². The number of anilines is 1. The summed E-state index contributed by atoms with van der Waals surface area (Å²) in [5, 5.41) is 7.86. The Morgan fingerprint density at radius 1 is 0.956 bits per heavy atom. The number of nitrogens with one attached hydrogen (secondary N) is 1. The van der Waals surface area contributed by atoms with Gasteiger partial charge in [-0.15, -0.1) is 0 Å². The average molecular weight is 627 g/mol. The quantitative estimate of drug-likeness (QED) is 0.249. The molecule has 0 saturated carbocycles. The molecule has 6 rings (SSSR count). The van der Waals surface area contributed by atoms with Crippen LogP contribution in [0.3, 0.4) is 0 Å². The van der Waals surface area contributed by atoms with E-state index >= 15 is 0 Å². The smallest absolute Gasteiger partial charge is 0.420 e. The summed E-state index contributed by atoms with van der Waals surface area (Å²) in [6.07, 6.45) is 0.279. The van der Waals surface area contributed by atoms with Gasteiger partial charge in [0.25, 0.3) is 0 Å². The van der Waals surface area contributed by atoms with Crippen molar-refractivity contribution in [3.63, 3.8) is 0 Å². The van der Waals surface area contributed by atoms with Crippen LogP contribution in [0.1, 0.15) is 43.4 Å². The fourth-order valence-corrected chi connectivity index (χ4v) is 5.53. The normalized spacial score (nSPS) is 16.2. The number of hydrogen-bond acceptors (Lipinski definition) is 7. The van der Waals surface area contributed by atoms with Gasteiger partial charge >= 0.3 is 12.2 Å². The summed E-state index contributed by atoms with van der Waals surface area (Å²) in [6, 6.07) is 23.6. The molecule has 2 amide bonds. The molecule has 11 heteroatoms. The minimum atomic E-state index is -0.780. The zero-order chi connectivity index (χ0) is 31.7. The topological polar surface area (TPSA) is 114 Å². The molecule has 0 aliphatic carbocycles. The lowest BCUT2D eigenvalue weighted by atomic mass is 9.78. The molecule has 1 unspecified atom stereocenters. The van der Waals surface area contributed by atoms with Crippen molar-refractivity contribution < 1.29 is 28.6 Å². The molecule has 230 valence electrons. The first kappa shape index (κ1) is 30.0. The second-order valence-corrected chi connectivity index (χ2v) is 12.2. The Labute approximate surface area is 265 Å². The number of rotatable bonds is 5. The lowest BCUT2D eigenvalue weighted by molar-refractivity contribution is -0.117. The third-order valence-corrected chi connectivity index (χ3v) is 7.55. The molecule has 1 aromatic heterocycles.